The van der Waals surface area contributed by atoms with E-state index in [2.05, 4.69) is 23.4 Å². The first kappa shape index (κ1) is 13.9. The Kier molecular flexibility index (Phi) is 4.03. The molecule has 2 aromatic rings. The maximum Gasteiger partial charge on any atom is 0.161 e. The molecule has 1 aromatic heterocycles. The Morgan fingerprint density at radius 1 is 1.24 bits per heavy atom. The van der Waals surface area contributed by atoms with Gasteiger partial charge < -0.3 is 9.47 Å². The Hall–Kier alpha value is -2.11. The van der Waals surface area contributed by atoms with Crippen molar-refractivity contribution in [3.63, 3.8) is 0 Å². The lowest BCUT2D eigenvalue weighted by molar-refractivity contribution is 0.171. The predicted molar refractivity (Wildman–Crippen MR) is 80.2 cm³/mol. The number of fused-ring (bicyclic) bond motifs is 1. The molecule has 0 bridgehead atoms. The van der Waals surface area contributed by atoms with Crippen LogP contribution in [-0.2, 0) is 6.42 Å². The predicted octanol–water partition coefficient (Wildman–Crippen LogP) is 1.97. The minimum Gasteiger partial charge on any atom is -0.486 e. The van der Waals surface area contributed by atoms with Gasteiger partial charge in [0.2, 0.25) is 0 Å². The van der Waals surface area contributed by atoms with Crippen LogP contribution in [0.25, 0.3) is 0 Å². The molecule has 0 saturated carbocycles. The highest BCUT2D eigenvalue weighted by molar-refractivity contribution is 5.46. The molecule has 5 nitrogen and oxygen atoms in total. The maximum absolute atomic E-state index is 5.77. The summed E-state index contributed by atoms with van der Waals surface area (Å²) in [5.74, 6) is 7.31. The third-order valence-corrected chi connectivity index (χ3v) is 3.65. The number of rotatable bonds is 4. The Balaban J connectivity index is 2.00. The molecule has 1 aromatic carbocycles. The van der Waals surface area contributed by atoms with E-state index in [1.807, 2.05) is 24.3 Å². The smallest absolute Gasteiger partial charge is 0.161 e. The van der Waals surface area contributed by atoms with Gasteiger partial charge in [0.25, 0.3) is 0 Å². The largest absolute Gasteiger partial charge is 0.486 e. The summed E-state index contributed by atoms with van der Waals surface area (Å²) in [6.07, 6.45) is 2.70. The quantitative estimate of drug-likeness (QED) is 0.664. The second-order valence-electron chi connectivity index (χ2n) is 4.90. The second kappa shape index (κ2) is 6.11. The zero-order valence-corrected chi connectivity index (χ0v) is 12.0. The first-order valence-corrected chi connectivity index (χ1v) is 7.13. The zero-order valence-electron chi connectivity index (χ0n) is 12.0. The highest BCUT2D eigenvalue weighted by atomic mass is 16.6. The van der Waals surface area contributed by atoms with Crippen LogP contribution in [0.1, 0.15) is 29.8 Å². The van der Waals surface area contributed by atoms with Gasteiger partial charge in [-0.25, -0.2) is 5.43 Å². The van der Waals surface area contributed by atoms with Gasteiger partial charge in [0.15, 0.2) is 11.5 Å². The van der Waals surface area contributed by atoms with E-state index in [0.29, 0.717) is 13.2 Å². The Morgan fingerprint density at radius 3 is 2.81 bits per heavy atom. The van der Waals surface area contributed by atoms with E-state index in [1.165, 1.54) is 5.56 Å². The van der Waals surface area contributed by atoms with Crippen molar-refractivity contribution in [3.8, 4) is 11.5 Å². The van der Waals surface area contributed by atoms with E-state index in [1.54, 1.807) is 6.20 Å². The van der Waals surface area contributed by atoms with Crippen LogP contribution < -0.4 is 20.7 Å². The number of nitrogens with zero attached hydrogens (tertiary/aromatic N) is 1. The van der Waals surface area contributed by atoms with Gasteiger partial charge in [-0.1, -0.05) is 19.1 Å². The average Bonchev–Trinajstić information content (AvgIpc) is 2.56. The number of pyridine rings is 1. The van der Waals surface area contributed by atoms with Gasteiger partial charge in [0.05, 0.1) is 11.7 Å². The molecule has 1 aliphatic heterocycles. The van der Waals surface area contributed by atoms with Crippen molar-refractivity contribution in [3.05, 3.63) is 53.3 Å². The molecular weight excluding hydrogens is 266 g/mol. The van der Waals surface area contributed by atoms with Crippen molar-refractivity contribution in [2.45, 2.75) is 19.4 Å². The monoisotopic (exact) mass is 285 g/mol. The number of aromatic nitrogens is 1. The number of nitrogens with one attached hydrogen (secondary N) is 1. The van der Waals surface area contributed by atoms with Crippen LogP contribution in [0.3, 0.4) is 0 Å². The molecule has 5 heteroatoms. The summed E-state index contributed by atoms with van der Waals surface area (Å²) >= 11 is 0. The molecule has 0 aliphatic carbocycles. The highest BCUT2D eigenvalue weighted by Crippen LogP contribution is 2.34. The lowest BCUT2D eigenvalue weighted by Gasteiger charge is -2.22. The van der Waals surface area contributed by atoms with Crippen LogP contribution in [-0.4, -0.2) is 18.2 Å². The maximum atomic E-state index is 5.77. The topological polar surface area (TPSA) is 69.4 Å². The van der Waals surface area contributed by atoms with Crippen LogP contribution in [0.15, 0.2) is 36.5 Å². The second-order valence-corrected chi connectivity index (χ2v) is 4.90. The van der Waals surface area contributed by atoms with Gasteiger partial charge in [0, 0.05) is 6.20 Å². The highest BCUT2D eigenvalue weighted by Gasteiger charge is 2.20. The summed E-state index contributed by atoms with van der Waals surface area (Å²) < 4.78 is 11.2. The third-order valence-electron chi connectivity index (χ3n) is 3.65. The van der Waals surface area contributed by atoms with Crippen molar-refractivity contribution in [1.82, 2.24) is 10.4 Å². The minimum atomic E-state index is -0.169. The van der Waals surface area contributed by atoms with E-state index < -0.39 is 0 Å². The van der Waals surface area contributed by atoms with Crippen molar-refractivity contribution in [1.29, 1.82) is 0 Å². The molecule has 0 radical (unpaired) electrons. The number of benzene rings is 1. The van der Waals surface area contributed by atoms with Crippen molar-refractivity contribution in [2.75, 3.05) is 13.2 Å². The first-order valence-electron chi connectivity index (χ1n) is 7.13. The van der Waals surface area contributed by atoms with Crippen LogP contribution in [0, 0.1) is 0 Å². The fraction of sp³-hybridized carbons (Fsp3) is 0.312. The van der Waals surface area contributed by atoms with Crippen LogP contribution in [0.4, 0.5) is 0 Å². The van der Waals surface area contributed by atoms with Crippen molar-refractivity contribution >= 4 is 0 Å². The van der Waals surface area contributed by atoms with E-state index in [9.17, 15) is 0 Å². The molecule has 0 spiro atoms. The number of hydrazine groups is 1. The third kappa shape index (κ3) is 2.70. The SMILES string of the molecule is CCc1cccnc1C(NN)c1ccc2c(c1)OCCO2. The number of ether oxygens (including phenoxy) is 2. The molecule has 110 valence electrons. The molecule has 1 atom stereocenters. The molecule has 3 rings (SSSR count). The molecule has 3 N–H and O–H groups in total. The summed E-state index contributed by atoms with van der Waals surface area (Å²) in [5, 5.41) is 0. The Labute approximate surface area is 124 Å². The molecule has 2 heterocycles. The summed E-state index contributed by atoms with van der Waals surface area (Å²) in [5.41, 5.74) is 5.99. The molecule has 1 unspecified atom stereocenters. The van der Waals surface area contributed by atoms with Gasteiger partial charge in [-0.2, -0.15) is 0 Å². The molecular formula is C16H19N3O2. The van der Waals surface area contributed by atoms with Gasteiger partial charge in [0.1, 0.15) is 13.2 Å². The lowest BCUT2D eigenvalue weighted by atomic mass is 9.98. The Morgan fingerprint density at radius 2 is 2.05 bits per heavy atom. The van der Waals surface area contributed by atoms with E-state index in [4.69, 9.17) is 15.3 Å². The standard InChI is InChI=1S/C16H19N3O2/c1-2-11-4-3-7-18-15(11)16(19-17)12-5-6-13-14(10-12)21-9-8-20-13/h3-7,10,16,19H,2,8-9,17H2,1H3. The van der Waals surface area contributed by atoms with Crippen LogP contribution in [0.2, 0.25) is 0 Å². The van der Waals surface area contributed by atoms with Crippen LogP contribution >= 0.6 is 0 Å². The minimum absolute atomic E-state index is 0.169. The number of hydrogen-bond donors (Lipinski definition) is 2. The number of aryl methyl sites for hydroxylation is 1. The van der Waals surface area contributed by atoms with Crippen molar-refractivity contribution in [2.24, 2.45) is 5.84 Å². The molecule has 0 saturated heterocycles. The molecule has 0 amide bonds. The molecule has 0 fully saturated rings. The number of nitrogens with two attached hydrogens (primary N) is 1. The number of hydrogen-bond acceptors (Lipinski definition) is 5. The van der Waals surface area contributed by atoms with Crippen molar-refractivity contribution < 1.29 is 9.47 Å². The molecule has 21 heavy (non-hydrogen) atoms. The van der Waals surface area contributed by atoms with E-state index >= 15 is 0 Å². The normalized spacial score (nSPS) is 14.8. The lowest BCUT2D eigenvalue weighted by Crippen LogP contribution is -2.30. The van der Waals surface area contributed by atoms with Gasteiger partial charge in [-0.15, -0.1) is 0 Å². The molecule has 1 aliphatic rings. The fourth-order valence-corrected chi connectivity index (χ4v) is 2.58. The average molecular weight is 285 g/mol. The summed E-state index contributed by atoms with van der Waals surface area (Å²) in [6, 6.07) is 9.73. The zero-order chi connectivity index (χ0) is 14.7. The summed E-state index contributed by atoms with van der Waals surface area (Å²) in [7, 11) is 0. The van der Waals surface area contributed by atoms with Crippen LogP contribution in [0.5, 0.6) is 11.5 Å². The van der Waals surface area contributed by atoms with E-state index in [0.717, 1.165) is 29.2 Å². The van der Waals surface area contributed by atoms with Gasteiger partial charge in [-0.05, 0) is 35.7 Å². The fourth-order valence-electron chi connectivity index (χ4n) is 2.58. The summed E-state index contributed by atoms with van der Waals surface area (Å²) in [6.45, 7) is 3.27. The summed E-state index contributed by atoms with van der Waals surface area (Å²) in [4.78, 5) is 4.49. The van der Waals surface area contributed by atoms with Gasteiger partial charge in [-0.3, -0.25) is 10.8 Å². The Bertz CT molecular complexity index is 631. The van der Waals surface area contributed by atoms with Gasteiger partial charge >= 0.3 is 0 Å². The van der Waals surface area contributed by atoms with E-state index in [-0.39, 0.29) is 6.04 Å². The first-order chi connectivity index (χ1) is 10.3.